The maximum absolute atomic E-state index is 4.03. The topological polar surface area (TPSA) is 3.24 Å². The Balaban J connectivity index is 2.49. The van der Waals surface area contributed by atoms with E-state index >= 15 is 0 Å². The molecule has 1 nitrogen and oxygen atoms in total. The van der Waals surface area contributed by atoms with Gasteiger partial charge in [-0.25, -0.2) is 0 Å². The van der Waals surface area contributed by atoms with Crippen molar-refractivity contribution in [2.75, 3.05) is 13.6 Å². The molecule has 1 rings (SSSR count). The second kappa shape index (κ2) is 3.20. The minimum absolute atomic E-state index is 0.704. The van der Waals surface area contributed by atoms with Crippen LogP contribution in [0.4, 0.5) is 0 Å². The maximum Gasteiger partial charge on any atom is 0.0101 e. The first kappa shape index (κ1) is 7.80. The predicted octanol–water partition coefficient (Wildman–Crippen LogP) is 2.05. The standard InChI is InChI=1S/C9H17N/c1-8-5-4-6-10(3)9(2)7-8/h9H,1,4-7H2,2-3H3. The van der Waals surface area contributed by atoms with Crippen molar-refractivity contribution in [3.63, 3.8) is 0 Å². The summed E-state index contributed by atoms with van der Waals surface area (Å²) < 4.78 is 0. The molecule has 1 heterocycles. The first-order chi connectivity index (χ1) is 4.70. The van der Waals surface area contributed by atoms with Crippen molar-refractivity contribution in [3.8, 4) is 0 Å². The van der Waals surface area contributed by atoms with Gasteiger partial charge in [-0.2, -0.15) is 0 Å². The second-order valence-electron chi connectivity index (χ2n) is 3.39. The Kier molecular flexibility index (Phi) is 2.50. The van der Waals surface area contributed by atoms with E-state index in [9.17, 15) is 0 Å². The average molecular weight is 139 g/mol. The van der Waals surface area contributed by atoms with Crippen LogP contribution in [0.3, 0.4) is 0 Å². The Hall–Kier alpha value is -0.300. The van der Waals surface area contributed by atoms with E-state index in [1.807, 2.05) is 0 Å². The SMILES string of the molecule is C=C1CCCN(C)C(C)C1. The molecule has 0 aromatic heterocycles. The van der Waals surface area contributed by atoms with Crippen molar-refractivity contribution < 1.29 is 0 Å². The highest BCUT2D eigenvalue weighted by molar-refractivity contribution is 4.99. The zero-order valence-electron chi connectivity index (χ0n) is 7.06. The molecule has 58 valence electrons. The molecule has 0 saturated carbocycles. The van der Waals surface area contributed by atoms with Crippen LogP contribution in [0.5, 0.6) is 0 Å². The summed E-state index contributed by atoms with van der Waals surface area (Å²) >= 11 is 0. The highest BCUT2D eigenvalue weighted by Gasteiger charge is 2.13. The average Bonchev–Trinajstić information content (AvgIpc) is 1.96. The summed E-state index contributed by atoms with van der Waals surface area (Å²) in [7, 11) is 2.20. The molecule has 1 saturated heterocycles. The fraction of sp³-hybridized carbons (Fsp3) is 0.778. The molecule has 1 heteroatoms. The molecular formula is C9H17N. The van der Waals surface area contributed by atoms with Crippen LogP contribution in [0.1, 0.15) is 26.2 Å². The summed E-state index contributed by atoms with van der Waals surface area (Å²) in [6.07, 6.45) is 3.71. The van der Waals surface area contributed by atoms with Crippen molar-refractivity contribution in [3.05, 3.63) is 12.2 Å². The molecule has 0 radical (unpaired) electrons. The highest BCUT2D eigenvalue weighted by Crippen LogP contribution is 2.18. The molecule has 1 unspecified atom stereocenters. The monoisotopic (exact) mass is 139 g/mol. The lowest BCUT2D eigenvalue weighted by Crippen LogP contribution is -2.27. The number of hydrogen-bond acceptors (Lipinski definition) is 1. The van der Waals surface area contributed by atoms with E-state index in [0.29, 0.717) is 6.04 Å². The third kappa shape index (κ3) is 1.84. The molecule has 1 fully saturated rings. The number of hydrogen-bond donors (Lipinski definition) is 0. The van der Waals surface area contributed by atoms with Crippen LogP contribution in [0.25, 0.3) is 0 Å². The molecule has 1 atom stereocenters. The van der Waals surface area contributed by atoms with Crippen LogP contribution in [-0.4, -0.2) is 24.5 Å². The number of nitrogens with zero attached hydrogens (tertiary/aromatic N) is 1. The van der Waals surface area contributed by atoms with Gasteiger partial charge in [0, 0.05) is 6.04 Å². The number of likely N-dealkylation sites (tertiary alicyclic amines) is 1. The van der Waals surface area contributed by atoms with Crippen LogP contribution >= 0.6 is 0 Å². The zero-order chi connectivity index (χ0) is 7.56. The quantitative estimate of drug-likeness (QED) is 0.464. The van der Waals surface area contributed by atoms with Crippen LogP contribution in [0, 0.1) is 0 Å². The van der Waals surface area contributed by atoms with Crippen molar-refractivity contribution in [2.45, 2.75) is 32.2 Å². The summed E-state index contributed by atoms with van der Waals surface area (Å²) in [5.41, 5.74) is 1.43. The molecule has 0 spiro atoms. The van der Waals surface area contributed by atoms with Crippen LogP contribution in [0.15, 0.2) is 12.2 Å². The van der Waals surface area contributed by atoms with Crippen molar-refractivity contribution in [1.29, 1.82) is 0 Å². The third-order valence-electron chi connectivity index (χ3n) is 2.38. The van der Waals surface area contributed by atoms with Crippen molar-refractivity contribution in [2.24, 2.45) is 0 Å². The molecule has 1 aliphatic rings. The van der Waals surface area contributed by atoms with Gasteiger partial charge < -0.3 is 4.90 Å². The van der Waals surface area contributed by atoms with Gasteiger partial charge in [-0.3, -0.25) is 0 Å². The van der Waals surface area contributed by atoms with Crippen molar-refractivity contribution in [1.82, 2.24) is 4.90 Å². The van der Waals surface area contributed by atoms with E-state index < -0.39 is 0 Å². The Morgan fingerprint density at radius 2 is 2.30 bits per heavy atom. The minimum atomic E-state index is 0.704. The molecule has 0 aliphatic carbocycles. The summed E-state index contributed by atoms with van der Waals surface area (Å²) in [6.45, 7) is 7.54. The summed E-state index contributed by atoms with van der Waals surface area (Å²) in [5.74, 6) is 0. The van der Waals surface area contributed by atoms with E-state index in [2.05, 4.69) is 25.5 Å². The molecule has 1 aliphatic heterocycles. The van der Waals surface area contributed by atoms with Gasteiger partial charge in [0.25, 0.3) is 0 Å². The van der Waals surface area contributed by atoms with Gasteiger partial charge >= 0.3 is 0 Å². The predicted molar refractivity (Wildman–Crippen MR) is 45.1 cm³/mol. The minimum Gasteiger partial charge on any atom is -0.303 e. The molecule has 0 N–H and O–H groups in total. The zero-order valence-corrected chi connectivity index (χ0v) is 7.06. The van der Waals surface area contributed by atoms with Crippen LogP contribution in [-0.2, 0) is 0 Å². The molecule has 0 aromatic rings. The van der Waals surface area contributed by atoms with Crippen LogP contribution < -0.4 is 0 Å². The van der Waals surface area contributed by atoms with Gasteiger partial charge in [-0.1, -0.05) is 12.2 Å². The lowest BCUT2D eigenvalue weighted by molar-refractivity contribution is 0.269. The fourth-order valence-corrected chi connectivity index (χ4v) is 1.47. The smallest absolute Gasteiger partial charge is 0.0101 e. The van der Waals surface area contributed by atoms with E-state index in [1.165, 1.54) is 31.4 Å². The number of rotatable bonds is 0. The lowest BCUT2D eigenvalue weighted by atomic mass is 10.1. The second-order valence-corrected chi connectivity index (χ2v) is 3.39. The Morgan fingerprint density at radius 3 is 3.00 bits per heavy atom. The Labute approximate surface area is 63.7 Å². The summed E-state index contributed by atoms with van der Waals surface area (Å²) in [6, 6.07) is 0.704. The maximum atomic E-state index is 4.03. The van der Waals surface area contributed by atoms with Gasteiger partial charge in [-0.05, 0) is 39.8 Å². The normalized spacial score (nSPS) is 30.2. The molecule has 0 bridgehead atoms. The molecule has 10 heavy (non-hydrogen) atoms. The fourth-order valence-electron chi connectivity index (χ4n) is 1.47. The molecule has 0 aromatic carbocycles. The van der Waals surface area contributed by atoms with E-state index in [0.717, 1.165) is 0 Å². The summed E-state index contributed by atoms with van der Waals surface area (Å²) in [4.78, 5) is 2.41. The van der Waals surface area contributed by atoms with Crippen LogP contribution in [0.2, 0.25) is 0 Å². The first-order valence-corrected chi connectivity index (χ1v) is 4.07. The first-order valence-electron chi connectivity index (χ1n) is 4.07. The van der Waals surface area contributed by atoms with Gasteiger partial charge in [0.2, 0.25) is 0 Å². The molecular weight excluding hydrogens is 122 g/mol. The van der Waals surface area contributed by atoms with E-state index in [4.69, 9.17) is 0 Å². The van der Waals surface area contributed by atoms with Gasteiger partial charge in [0.1, 0.15) is 0 Å². The van der Waals surface area contributed by atoms with Gasteiger partial charge in [0.05, 0.1) is 0 Å². The highest BCUT2D eigenvalue weighted by atomic mass is 15.1. The lowest BCUT2D eigenvalue weighted by Gasteiger charge is -2.20. The molecule has 0 amide bonds. The van der Waals surface area contributed by atoms with E-state index in [1.54, 1.807) is 0 Å². The largest absolute Gasteiger partial charge is 0.303 e. The Morgan fingerprint density at radius 1 is 1.60 bits per heavy atom. The van der Waals surface area contributed by atoms with Crippen molar-refractivity contribution >= 4 is 0 Å². The summed E-state index contributed by atoms with van der Waals surface area (Å²) in [5, 5.41) is 0. The Bertz CT molecular complexity index is 129. The van der Waals surface area contributed by atoms with Gasteiger partial charge in [-0.15, -0.1) is 0 Å². The van der Waals surface area contributed by atoms with E-state index in [-0.39, 0.29) is 0 Å². The van der Waals surface area contributed by atoms with Gasteiger partial charge in [0.15, 0.2) is 0 Å². The third-order valence-corrected chi connectivity index (χ3v) is 2.38.